The third kappa shape index (κ3) is 2.05. The van der Waals surface area contributed by atoms with Gasteiger partial charge in [-0.2, -0.15) is 9.61 Å². The Balaban J connectivity index is 1.99. The molecule has 2 aromatic carbocycles. The van der Waals surface area contributed by atoms with Crippen LogP contribution in [-0.2, 0) is 6.42 Å². The fourth-order valence-electron chi connectivity index (χ4n) is 3.63. The molecule has 124 valence electrons. The predicted molar refractivity (Wildman–Crippen MR) is 104 cm³/mol. The van der Waals surface area contributed by atoms with Crippen LogP contribution in [-0.4, -0.2) is 19.2 Å². The molecule has 0 N–H and O–H groups in total. The smallest absolute Gasteiger partial charge is 0.214 e. The maximum absolute atomic E-state index is 4.90. The molecule has 0 spiro atoms. The summed E-state index contributed by atoms with van der Waals surface area (Å²) in [5.41, 5.74) is 6.93. The van der Waals surface area contributed by atoms with E-state index in [1.54, 1.807) is 11.3 Å². The largest absolute Gasteiger partial charge is 0.292 e. The van der Waals surface area contributed by atoms with Crippen molar-refractivity contribution in [3.63, 3.8) is 0 Å². The normalized spacial score (nSPS) is 12.0. The molecule has 0 atom stereocenters. The number of benzene rings is 2. The third-order valence-electron chi connectivity index (χ3n) is 4.60. The van der Waals surface area contributed by atoms with Gasteiger partial charge in [0.15, 0.2) is 5.65 Å². The minimum atomic E-state index is 0.930. The third-order valence-corrected chi connectivity index (χ3v) is 5.65. The Morgan fingerprint density at radius 2 is 1.80 bits per heavy atom. The lowest BCUT2D eigenvalue weighted by atomic mass is 10.1. The van der Waals surface area contributed by atoms with Crippen LogP contribution < -0.4 is 0 Å². The van der Waals surface area contributed by atoms with E-state index in [1.165, 1.54) is 22.0 Å². The van der Waals surface area contributed by atoms with Gasteiger partial charge < -0.3 is 0 Å². The minimum Gasteiger partial charge on any atom is -0.292 e. The first-order valence-corrected chi connectivity index (χ1v) is 9.33. The number of hydrogen-bond acceptors (Lipinski definition) is 3. The molecule has 0 radical (unpaired) electrons. The maximum Gasteiger partial charge on any atom is 0.214 e. The van der Waals surface area contributed by atoms with E-state index in [2.05, 4.69) is 67.8 Å². The highest BCUT2D eigenvalue weighted by Gasteiger charge is 2.20. The number of nitrogens with zero attached hydrogens (tertiary/aromatic N) is 4. The first-order chi connectivity index (χ1) is 12.2. The molecular formula is C20H18N4S. The minimum absolute atomic E-state index is 0.930. The highest BCUT2D eigenvalue weighted by molar-refractivity contribution is 7.16. The summed E-state index contributed by atoms with van der Waals surface area (Å²) < 4.78 is 4.31. The van der Waals surface area contributed by atoms with Gasteiger partial charge in [0, 0.05) is 11.1 Å². The standard InChI is InChI=1S/C20H18N4S/c1-4-17-22-24-19-18(21-20(24)25-17)15-7-5-6-8-16(15)23(19)14-10-12(2)9-13(3)11-14/h5-11H,4H2,1-3H3. The number of rotatable bonds is 2. The SMILES string of the molecule is CCc1nn2c(nc3c4ccccc4n(-c4cc(C)cc(C)c4)c32)s1. The second-order valence-electron chi connectivity index (χ2n) is 6.53. The Kier molecular flexibility index (Phi) is 3.03. The molecular weight excluding hydrogens is 328 g/mol. The van der Waals surface area contributed by atoms with Crippen molar-refractivity contribution in [2.24, 2.45) is 0 Å². The second-order valence-corrected chi connectivity index (χ2v) is 7.57. The molecule has 5 rings (SSSR count). The lowest BCUT2D eigenvalue weighted by molar-refractivity contribution is 0.910. The Morgan fingerprint density at radius 3 is 2.56 bits per heavy atom. The van der Waals surface area contributed by atoms with Gasteiger partial charge in [-0.05, 0) is 49.6 Å². The molecule has 0 unspecified atom stereocenters. The van der Waals surface area contributed by atoms with Gasteiger partial charge in [0.2, 0.25) is 4.96 Å². The summed E-state index contributed by atoms with van der Waals surface area (Å²) in [6, 6.07) is 15.1. The molecule has 25 heavy (non-hydrogen) atoms. The van der Waals surface area contributed by atoms with E-state index in [0.717, 1.165) is 33.2 Å². The zero-order chi connectivity index (χ0) is 17.1. The molecule has 0 bridgehead atoms. The van der Waals surface area contributed by atoms with Crippen LogP contribution in [0.4, 0.5) is 0 Å². The molecule has 0 saturated heterocycles. The van der Waals surface area contributed by atoms with Crippen molar-refractivity contribution in [3.05, 3.63) is 58.6 Å². The fraction of sp³-hybridized carbons (Fsp3) is 0.200. The lowest BCUT2D eigenvalue weighted by Gasteiger charge is -2.09. The van der Waals surface area contributed by atoms with Crippen molar-refractivity contribution in [3.8, 4) is 5.69 Å². The van der Waals surface area contributed by atoms with Gasteiger partial charge in [-0.3, -0.25) is 4.57 Å². The fourth-order valence-corrected chi connectivity index (χ4v) is 4.45. The van der Waals surface area contributed by atoms with Crippen molar-refractivity contribution in [2.75, 3.05) is 0 Å². The van der Waals surface area contributed by atoms with Gasteiger partial charge in [0.1, 0.15) is 10.5 Å². The predicted octanol–water partition coefficient (Wildman–Crippen LogP) is 5.07. The van der Waals surface area contributed by atoms with Crippen LogP contribution in [0.2, 0.25) is 0 Å². The topological polar surface area (TPSA) is 35.1 Å². The van der Waals surface area contributed by atoms with Gasteiger partial charge in [-0.1, -0.05) is 42.5 Å². The van der Waals surface area contributed by atoms with Gasteiger partial charge in [0.05, 0.1) is 5.52 Å². The van der Waals surface area contributed by atoms with Gasteiger partial charge in [-0.25, -0.2) is 4.98 Å². The Labute approximate surface area is 149 Å². The average molecular weight is 346 g/mol. The number of para-hydroxylation sites is 1. The number of fused-ring (bicyclic) bond motifs is 5. The van der Waals surface area contributed by atoms with Crippen LogP contribution >= 0.6 is 11.3 Å². The number of imidazole rings is 1. The van der Waals surface area contributed by atoms with E-state index in [4.69, 9.17) is 10.1 Å². The summed E-state index contributed by atoms with van der Waals surface area (Å²) in [5.74, 6) is 0. The van der Waals surface area contributed by atoms with E-state index in [1.807, 2.05) is 4.52 Å². The molecule has 5 aromatic rings. The molecule has 4 nitrogen and oxygen atoms in total. The summed E-state index contributed by atoms with van der Waals surface area (Å²) in [6.07, 6.45) is 0.930. The van der Waals surface area contributed by atoms with Crippen LogP contribution in [0.25, 0.3) is 32.7 Å². The highest BCUT2D eigenvalue weighted by atomic mass is 32.1. The summed E-state index contributed by atoms with van der Waals surface area (Å²) in [4.78, 5) is 5.86. The molecule has 5 heteroatoms. The van der Waals surface area contributed by atoms with Crippen molar-refractivity contribution in [2.45, 2.75) is 27.2 Å². The van der Waals surface area contributed by atoms with E-state index in [0.29, 0.717) is 0 Å². The van der Waals surface area contributed by atoms with Crippen molar-refractivity contribution >= 4 is 38.4 Å². The van der Waals surface area contributed by atoms with Crippen LogP contribution in [0.15, 0.2) is 42.5 Å². The Morgan fingerprint density at radius 1 is 1.04 bits per heavy atom. The zero-order valence-corrected chi connectivity index (χ0v) is 15.3. The first-order valence-electron chi connectivity index (χ1n) is 8.52. The van der Waals surface area contributed by atoms with Gasteiger partial charge >= 0.3 is 0 Å². The molecule has 3 heterocycles. The van der Waals surface area contributed by atoms with E-state index in [9.17, 15) is 0 Å². The van der Waals surface area contributed by atoms with Crippen LogP contribution in [0, 0.1) is 13.8 Å². The summed E-state index contributed by atoms with van der Waals surface area (Å²) in [7, 11) is 0. The van der Waals surface area contributed by atoms with Crippen molar-refractivity contribution < 1.29 is 0 Å². The number of aromatic nitrogens is 4. The molecule has 0 aliphatic rings. The summed E-state index contributed by atoms with van der Waals surface area (Å²) in [5, 5.41) is 7.08. The zero-order valence-electron chi connectivity index (χ0n) is 14.4. The summed E-state index contributed by atoms with van der Waals surface area (Å²) in [6.45, 7) is 6.42. The molecule has 3 aromatic heterocycles. The molecule has 0 saturated carbocycles. The molecule has 0 fully saturated rings. The highest BCUT2D eigenvalue weighted by Crippen LogP contribution is 2.33. The van der Waals surface area contributed by atoms with Crippen LogP contribution in [0.1, 0.15) is 23.1 Å². The second kappa shape index (κ2) is 5.17. The molecule has 0 amide bonds. The number of aryl methyl sites for hydroxylation is 3. The molecule has 0 aliphatic heterocycles. The number of hydrogen-bond donors (Lipinski definition) is 0. The lowest BCUT2D eigenvalue weighted by Crippen LogP contribution is -1.99. The van der Waals surface area contributed by atoms with Crippen molar-refractivity contribution in [1.29, 1.82) is 0 Å². The van der Waals surface area contributed by atoms with Gasteiger partial charge in [0.25, 0.3) is 0 Å². The first kappa shape index (κ1) is 14.7. The average Bonchev–Trinajstić information content (AvgIpc) is 3.21. The van der Waals surface area contributed by atoms with Crippen molar-refractivity contribution in [1.82, 2.24) is 19.2 Å². The molecule has 0 aliphatic carbocycles. The quantitative estimate of drug-likeness (QED) is 0.447. The monoisotopic (exact) mass is 346 g/mol. The van der Waals surface area contributed by atoms with E-state index < -0.39 is 0 Å². The maximum atomic E-state index is 4.90. The van der Waals surface area contributed by atoms with Gasteiger partial charge in [-0.15, -0.1) is 0 Å². The van der Waals surface area contributed by atoms with Crippen LogP contribution in [0.5, 0.6) is 0 Å². The van der Waals surface area contributed by atoms with E-state index in [-0.39, 0.29) is 0 Å². The van der Waals surface area contributed by atoms with E-state index >= 15 is 0 Å². The Hall–Kier alpha value is -2.66. The summed E-state index contributed by atoms with van der Waals surface area (Å²) >= 11 is 1.67. The Bertz CT molecular complexity index is 1240. The van der Waals surface area contributed by atoms with Crippen LogP contribution in [0.3, 0.4) is 0 Å².